The van der Waals surface area contributed by atoms with Crippen molar-refractivity contribution in [1.29, 1.82) is 0 Å². The molecule has 0 N–H and O–H groups in total. The summed E-state index contributed by atoms with van der Waals surface area (Å²) in [6, 6.07) is 0. The molecule has 0 fully saturated rings. The third-order valence-electron chi connectivity index (χ3n) is 1.65. The summed E-state index contributed by atoms with van der Waals surface area (Å²) in [5, 5.41) is 0. The number of hydrogen-bond donors (Lipinski definition) is 0. The highest BCUT2D eigenvalue weighted by molar-refractivity contribution is 4.54. The quantitative estimate of drug-likeness (QED) is 0.501. The molecule has 0 bridgehead atoms. The molecular formula is C10H22O4. The van der Waals surface area contributed by atoms with Crippen LogP contribution in [0.1, 0.15) is 13.8 Å². The minimum Gasteiger partial charge on any atom is -0.382 e. The van der Waals surface area contributed by atoms with Gasteiger partial charge in [0.15, 0.2) is 0 Å². The average molecular weight is 206 g/mol. The van der Waals surface area contributed by atoms with Gasteiger partial charge in [0.05, 0.1) is 26.4 Å². The third kappa shape index (κ3) is 8.44. The van der Waals surface area contributed by atoms with Crippen molar-refractivity contribution in [2.24, 2.45) is 0 Å². The Bertz CT molecular complexity index is 108. The first-order chi connectivity index (χ1) is 6.85. The zero-order valence-corrected chi connectivity index (χ0v) is 9.45. The Morgan fingerprint density at radius 3 is 2.21 bits per heavy atom. The van der Waals surface area contributed by atoms with E-state index in [1.807, 2.05) is 13.8 Å². The van der Waals surface area contributed by atoms with Gasteiger partial charge in [-0.1, -0.05) is 0 Å². The van der Waals surface area contributed by atoms with Crippen molar-refractivity contribution in [2.45, 2.75) is 20.0 Å². The topological polar surface area (TPSA) is 36.9 Å². The summed E-state index contributed by atoms with van der Waals surface area (Å²) in [6.07, 6.45) is 0.0387. The standard InChI is InChI=1S/C10H22O4/c1-4-12-8-10(14-5-2)9-13-7-6-11-3/h10H,4-9H2,1-3H3. The molecule has 0 aliphatic rings. The largest absolute Gasteiger partial charge is 0.382 e. The number of methoxy groups -OCH3 is 1. The maximum absolute atomic E-state index is 5.43. The molecule has 14 heavy (non-hydrogen) atoms. The van der Waals surface area contributed by atoms with Gasteiger partial charge in [0, 0.05) is 20.3 Å². The molecule has 0 saturated carbocycles. The summed E-state index contributed by atoms with van der Waals surface area (Å²) in [5.74, 6) is 0. The third-order valence-corrected chi connectivity index (χ3v) is 1.65. The van der Waals surface area contributed by atoms with Gasteiger partial charge in [-0.25, -0.2) is 0 Å². The van der Waals surface area contributed by atoms with E-state index in [0.717, 1.165) is 0 Å². The predicted molar refractivity (Wildman–Crippen MR) is 54.6 cm³/mol. The van der Waals surface area contributed by atoms with E-state index in [2.05, 4.69) is 0 Å². The van der Waals surface area contributed by atoms with Crippen LogP contribution in [0.3, 0.4) is 0 Å². The Labute approximate surface area is 86.5 Å². The highest BCUT2D eigenvalue weighted by Crippen LogP contribution is 1.95. The zero-order chi connectivity index (χ0) is 10.6. The molecule has 0 saturated heterocycles. The SMILES string of the molecule is CCOCC(COCCOC)OCC. The molecule has 1 atom stereocenters. The Balaban J connectivity index is 3.40. The average Bonchev–Trinajstić information content (AvgIpc) is 2.20. The lowest BCUT2D eigenvalue weighted by molar-refractivity contribution is -0.0601. The van der Waals surface area contributed by atoms with Crippen molar-refractivity contribution < 1.29 is 18.9 Å². The molecule has 0 rings (SSSR count). The summed E-state index contributed by atoms with van der Waals surface area (Å²) in [5.41, 5.74) is 0. The molecule has 0 heterocycles. The molecule has 0 spiro atoms. The van der Waals surface area contributed by atoms with Crippen LogP contribution in [0.2, 0.25) is 0 Å². The summed E-state index contributed by atoms with van der Waals surface area (Å²) in [4.78, 5) is 0. The van der Waals surface area contributed by atoms with Gasteiger partial charge in [-0.15, -0.1) is 0 Å². The fourth-order valence-corrected chi connectivity index (χ4v) is 0.986. The number of rotatable bonds is 10. The first-order valence-electron chi connectivity index (χ1n) is 5.11. The van der Waals surface area contributed by atoms with E-state index in [-0.39, 0.29) is 6.10 Å². The van der Waals surface area contributed by atoms with E-state index in [9.17, 15) is 0 Å². The minimum absolute atomic E-state index is 0.0387. The van der Waals surface area contributed by atoms with Crippen LogP contribution in [0.5, 0.6) is 0 Å². The van der Waals surface area contributed by atoms with E-state index in [4.69, 9.17) is 18.9 Å². The fraction of sp³-hybridized carbons (Fsp3) is 1.00. The molecule has 0 aliphatic carbocycles. The van der Waals surface area contributed by atoms with E-state index < -0.39 is 0 Å². The van der Waals surface area contributed by atoms with Gasteiger partial charge >= 0.3 is 0 Å². The van der Waals surface area contributed by atoms with E-state index in [0.29, 0.717) is 39.6 Å². The molecule has 0 radical (unpaired) electrons. The zero-order valence-electron chi connectivity index (χ0n) is 9.45. The van der Waals surface area contributed by atoms with Crippen LogP contribution >= 0.6 is 0 Å². The van der Waals surface area contributed by atoms with Gasteiger partial charge in [-0.3, -0.25) is 0 Å². The van der Waals surface area contributed by atoms with Crippen LogP contribution in [0.15, 0.2) is 0 Å². The van der Waals surface area contributed by atoms with Crippen molar-refractivity contribution in [3.8, 4) is 0 Å². The Morgan fingerprint density at radius 2 is 1.64 bits per heavy atom. The first-order valence-corrected chi connectivity index (χ1v) is 5.11. The molecule has 86 valence electrons. The van der Waals surface area contributed by atoms with E-state index in [1.165, 1.54) is 0 Å². The second kappa shape index (κ2) is 10.9. The lowest BCUT2D eigenvalue weighted by Gasteiger charge is -2.16. The molecule has 0 aromatic heterocycles. The van der Waals surface area contributed by atoms with Crippen molar-refractivity contribution in [3.05, 3.63) is 0 Å². The lowest BCUT2D eigenvalue weighted by Crippen LogP contribution is -2.26. The smallest absolute Gasteiger partial charge is 0.104 e. The van der Waals surface area contributed by atoms with Crippen molar-refractivity contribution >= 4 is 0 Å². The molecule has 1 unspecified atom stereocenters. The van der Waals surface area contributed by atoms with Crippen LogP contribution in [0.25, 0.3) is 0 Å². The molecule has 4 heteroatoms. The second-order valence-electron chi connectivity index (χ2n) is 2.80. The predicted octanol–water partition coefficient (Wildman–Crippen LogP) is 1.09. The van der Waals surface area contributed by atoms with Gasteiger partial charge in [-0.05, 0) is 13.8 Å². The van der Waals surface area contributed by atoms with Gasteiger partial charge in [0.25, 0.3) is 0 Å². The molecule has 4 nitrogen and oxygen atoms in total. The second-order valence-corrected chi connectivity index (χ2v) is 2.80. The van der Waals surface area contributed by atoms with E-state index in [1.54, 1.807) is 7.11 Å². The summed E-state index contributed by atoms with van der Waals surface area (Å²) in [7, 11) is 1.66. The Morgan fingerprint density at radius 1 is 0.929 bits per heavy atom. The van der Waals surface area contributed by atoms with Crippen LogP contribution < -0.4 is 0 Å². The normalized spacial score (nSPS) is 13.1. The van der Waals surface area contributed by atoms with E-state index >= 15 is 0 Å². The molecule has 0 aromatic rings. The van der Waals surface area contributed by atoms with Gasteiger partial charge < -0.3 is 18.9 Å². The summed E-state index contributed by atoms with van der Waals surface area (Å²) < 4.78 is 20.9. The lowest BCUT2D eigenvalue weighted by atomic mass is 10.4. The van der Waals surface area contributed by atoms with Gasteiger partial charge in [-0.2, -0.15) is 0 Å². The van der Waals surface area contributed by atoms with Gasteiger partial charge in [0.1, 0.15) is 6.10 Å². The Hall–Kier alpha value is -0.160. The highest BCUT2D eigenvalue weighted by Gasteiger charge is 2.08. The fourth-order valence-electron chi connectivity index (χ4n) is 0.986. The minimum atomic E-state index is 0.0387. The highest BCUT2D eigenvalue weighted by atomic mass is 16.6. The summed E-state index contributed by atoms with van der Waals surface area (Å²) >= 11 is 0. The van der Waals surface area contributed by atoms with Crippen molar-refractivity contribution in [3.63, 3.8) is 0 Å². The molecular weight excluding hydrogens is 184 g/mol. The van der Waals surface area contributed by atoms with Gasteiger partial charge in [0.2, 0.25) is 0 Å². The van der Waals surface area contributed by atoms with Crippen molar-refractivity contribution in [2.75, 3.05) is 46.8 Å². The maximum Gasteiger partial charge on any atom is 0.104 e. The van der Waals surface area contributed by atoms with Crippen LogP contribution in [0.4, 0.5) is 0 Å². The maximum atomic E-state index is 5.43. The molecule has 0 amide bonds. The molecule has 0 aromatic carbocycles. The Kier molecular flexibility index (Phi) is 10.8. The van der Waals surface area contributed by atoms with Crippen molar-refractivity contribution in [1.82, 2.24) is 0 Å². The summed E-state index contributed by atoms with van der Waals surface area (Å²) in [6.45, 7) is 7.71. The van der Waals surface area contributed by atoms with Crippen LogP contribution in [0, 0.1) is 0 Å². The van der Waals surface area contributed by atoms with Crippen LogP contribution in [-0.4, -0.2) is 52.9 Å². The number of hydrogen-bond acceptors (Lipinski definition) is 4. The molecule has 0 aliphatic heterocycles. The van der Waals surface area contributed by atoms with Crippen LogP contribution in [-0.2, 0) is 18.9 Å². The monoisotopic (exact) mass is 206 g/mol. The first kappa shape index (κ1) is 13.8. The number of ether oxygens (including phenoxy) is 4.